The van der Waals surface area contributed by atoms with Crippen LogP contribution in [-0.4, -0.2) is 62.4 Å². The lowest BCUT2D eigenvalue weighted by molar-refractivity contribution is -0.149. The van der Waals surface area contributed by atoms with Crippen molar-refractivity contribution in [2.45, 2.75) is 25.9 Å². The number of carboxylic acid groups (broad SMARTS) is 1. The van der Waals surface area contributed by atoms with Gasteiger partial charge < -0.3 is 14.7 Å². The second kappa shape index (κ2) is 10.1. The number of nitrogens with one attached hydrogen (secondary N) is 1. The van der Waals surface area contributed by atoms with Crippen LogP contribution in [-0.2, 0) is 30.9 Å². The highest BCUT2D eigenvalue weighted by Gasteiger charge is 2.26. The molecule has 0 fully saturated rings. The van der Waals surface area contributed by atoms with Gasteiger partial charge in [0.15, 0.2) is 0 Å². The van der Waals surface area contributed by atoms with Crippen molar-refractivity contribution in [1.82, 2.24) is 9.62 Å². The van der Waals surface area contributed by atoms with Crippen LogP contribution in [0.5, 0.6) is 0 Å². The van der Waals surface area contributed by atoms with Crippen molar-refractivity contribution in [2.75, 3.05) is 26.0 Å². The highest BCUT2D eigenvalue weighted by Crippen LogP contribution is 2.09. The van der Waals surface area contributed by atoms with E-state index in [1.165, 1.54) is 14.0 Å². The van der Waals surface area contributed by atoms with E-state index in [2.05, 4.69) is 4.72 Å². The molecule has 0 saturated heterocycles. The van der Waals surface area contributed by atoms with E-state index in [4.69, 9.17) is 4.74 Å². The average molecular weight is 372 g/mol. The molecule has 0 bridgehead atoms. The molecule has 1 rings (SSSR count). The Morgan fingerprint density at radius 2 is 1.92 bits per heavy atom. The first-order valence-corrected chi connectivity index (χ1v) is 9.44. The SMILES string of the molecule is COCCCS(=O)(=O)NCC(=O)N(Cc1ccccc1)C(C)C(=O)O. The molecule has 9 heteroatoms. The number of carbonyl (C=O) groups is 2. The first-order valence-electron chi connectivity index (χ1n) is 7.79. The van der Waals surface area contributed by atoms with E-state index in [0.29, 0.717) is 13.0 Å². The molecule has 0 aliphatic carbocycles. The number of sulfonamides is 1. The maximum absolute atomic E-state index is 12.4. The average Bonchev–Trinajstić information content (AvgIpc) is 2.58. The molecule has 0 radical (unpaired) electrons. The van der Waals surface area contributed by atoms with Crippen LogP contribution < -0.4 is 4.72 Å². The Morgan fingerprint density at radius 3 is 2.48 bits per heavy atom. The van der Waals surface area contributed by atoms with E-state index in [0.717, 1.165) is 10.5 Å². The van der Waals surface area contributed by atoms with Crippen LogP contribution in [0.3, 0.4) is 0 Å². The van der Waals surface area contributed by atoms with E-state index < -0.39 is 34.5 Å². The quantitative estimate of drug-likeness (QED) is 0.545. The van der Waals surface area contributed by atoms with Crippen molar-refractivity contribution in [2.24, 2.45) is 0 Å². The van der Waals surface area contributed by atoms with Gasteiger partial charge in [-0.3, -0.25) is 4.79 Å². The molecule has 1 unspecified atom stereocenters. The minimum atomic E-state index is -3.63. The number of aliphatic carboxylic acids is 1. The molecule has 25 heavy (non-hydrogen) atoms. The van der Waals surface area contributed by atoms with E-state index >= 15 is 0 Å². The summed E-state index contributed by atoms with van der Waals surface area (Å²) in [5, 5.41) is 9.20. The largest absolute Gasteiger partial charge is 0.480 e. The molecular weight excluding hydrogens is 348 g/mol. The molecular formula is C16H24N2O6S. The van der Waals surface area contributed by atoms with Gasteiger partial charge in [0.25, 0.3) is 0 Å². The summed E-state index contributed by atoms with van der Waals surface area (Å²) in [5.41, 5.74) is 0.756. The van der Waals surface area contributed by atoms with Gasteiger partial charge in [0.2, 0.25) is 15.9 Å². The van der Waals surface area contributed by atoms with Crippen LogP contribution in [0, 0.1) is 0 Å². The van der Waals surface area contributed by atoms with Gasteiger partial charge in [-0.15, -0.1) is 0 Å². The monoisotopic (exact) mass is 372 g/mol. The second-order valence-corrected chi connectivity index (χ2v) is 7.43. The van der Waals surface area contributed by atoms with Gasteiger partial charge in [-0.2, -0.15) is 0 Å². The van der Waals surface area contributed by atoms with Crippen LogP contribution in [0.1, 0.15) is 18.9 Å². The van der Waals surface area contributed by atoms with Gasteiger partial charge in [0, 0.05) is 20.3 Å². The van der Waals surface area contributed by atoms with Crippen molar-refractivity contribution in [3.05, 3.63) is 35.9 Å². The number of carbonyl (C=O) groups excluding carboxylic acids is 1. The Hall–Kier alpha value is -1.97. The lowest BCUT2D eigenvalue weighted by atomic mass is 10.2. The molecule has 8 nitrogen and oxygen atoms in total. The topological polar surface area (TPSA) is 113 Å². The number of nitrogens with zero attached hydrogens (tertiary/aromatic N) is 1. The fraction of sp³-hybridized carbons (Fsp3) is 0.500. The number of rotatable bonds is 11. The molecule has 1 aromatic rings. The first-order chi connectivity index (χ1) is 11.8. The fourth-order valence-corrected chi connectivity index (χ4v) is 3.08. The normalized spacial score (nSPS) is 12.6. The van der Waals surface area contributed by atoms with Crippen LogP contribution >= 0.6 is 0 Å². The lowest BCUT2D eigenvalue weighted by Crippen LogP contribution is -2.47. The Kier molecular flexibility index (Phi) is 8.53. The summed E-state index contributed by atoms with van der Waals surface area (Å²) in [5.74, 6) is -1.93. The Balaban J connectivity index is 2.74. The molecule has 0 aliphatic heterocycles. The zero-order chi connectivity index (χ0) is 18.9. The van der Waals surface area contributed by atoms with E-state index in [9.17, 15) is 23.1 Å². The molecule has 0 spiro atoms. The molecule has 0 heterocycles. The minimum Gasteiger partial charge on any atom is -0.480 e. The second-order valence-electron chi connectivity index (χ2n) is 5.51. The molecule has 140 valence electrons. The molecule has 1 aromatic carbocycles. The van der Waals surface area contributed by atoms with Crippen LogP contribution in [0.15, 0.2) is 30.3 Å². The standard InChI is InChI=1S/C16H24N2O6S/c1-13(16(20)21)18(12-14-7-4-3-5-8-14)15(19)11-17-25(22,23)10-6-9-24-2/h3-5,7-8,13,17H,6,9-12H2,1-2H3,(H,20,21). The zero-order valence-corrected chi connectivity index (χ0v) is 15.2. The summed E-state index contributed by atoms with van der Waals surface area (Å²) in [6, 6.07) is 7.83. The Morgan fingerprint density at radius 1 is 1.28 bits per heavy atom. The third-order valence-corrected chi connectivity index (χ3v) is 4.96. The van der Waals surface area contributed by atoms with Crippen LogP contribution in [0.2, 0.25) is 0 Å². The molecule has 0 saturated carbocycles. The molecule has 2 N–H and O–H groups in total. The summed E-state index contributed by atoms with van der Waals surface area (Å²) in [4.78, 5) is 24.8. The number of ether oxygens (including phenoxy) is 1. The molecule has 1 amide bonds. The Labute approximate surface area is 147 Å². The van der Waals surface area contributed by atoms with Gasteiger partial charge in [-0.25, -0.2) is 17.9 Å². The summed E-state index contributed by atoms with van der Waals surface area (Å²) in [6.07, 6.45) is 0.305. The third kappa shape index (κ3) is 7.63. The summed E-state index contributed by atoms with van der Waals surface area (Å²) in [7, 11) is -2.16. The van der Waals surface area contributed by atoms with Crippen LogP contribution in [0.25, 0.3) is 0 Å². The van der Waals surface area contributed by atoms with Gasteiger partial charge in [0.05, 0.1) is 12.3 Å². The highest BCUT2D eigenvalue weighted by atomic mass is 32.2. The molecule has 1 atom stereocenters. The fourth-order valence-electron chi connectivity index (χ4n) is 2.09. The molecule has 0 aromatic heterocycles. The predicted molar refractivity (Wildman–Crippen MR) is 92.4 cm³/mol. The number of amides is 1. The van der Waals surface area contributed by atoms with Crippen molar-refractivity contribution >= 4 is 21.9 Å². The number of methoxy groups -OCH3 is 1. The van der Waals surface area contributed by atoms with Crippen molar-refractivity contribution in [3.8, 4) is 0 Å². The van der Waals surface area contributed by atoms with Crippen molar-refractivity contribution < 1.29 is 27.9 Å². The predicted octanol–water partition coefficient (Wildman–Crippen LogP) is 0.444. The minimum absolute atomic E-state index is 0.0819. The van der Waals surface area contributed by atoms with Gasteiger partial charge in [0.1, 0.15) is 6.04 Å². The van der Waals surface area contributed by atoms with Crippen LogP contribution in [0.4, 0.5) is 0 Å². The highest BCUT2D eigenvalue weighted by molar-refractivity contribution is 7.89. The smallest absolute Gasteiger partial charge is 0.326 e. The van der Waals surface area contributed by atoms with Gasteiger partial charge in [-0.1, -0.05) is 30.3 Å². The van der Waals surface area contributed by atoms with Gasteiger partial charge in [-0.05, 0) is 18.9 Å². The van der Waals surface area contributed by atoms with E-state index in [1.54, 1.807) is 24.3 Å². The number of hydrogen-bond donors (Lipinski definition) is 2. The van der Waals surface area contributed by atoms with Crippen molar-refractivity contribution in [3.63, 3.8) is 0 Å². The summed E-state index contributed by atoms with van der Waals surface area (Å²) in [6.45, 7) is 1.28. The van der Waals surface area contributed by atoms with E-state index in [-0.39, 0.29) is 12.3 Å². The van der Waals surface area contributed by atoms with Crippen molar-refractivity contribution in [1.29, 1.82) is 0 Å². The number of hydrogen-bond acceptors (Lipinski definition) is 5. The first kappa shape index (κ1) is 21.1. The number of benzene rings is 1. The van der Waals surface area contributed by atoms with E-state index in [1.807, 2.05) is 6.07 Å². The third-order valence-electron chi connectivity index (χ3n) is 3.55. The zero-order valence-electron chi connectivity index (χ0n) is 14.3. The summed E-state index contributed by atoms with van der Waals surface area (Å²) >= 11 is 0. The maximum atomic E-state index is 12.4. The molecule has 0 aliphatic rings. The summed E-state index contributed by atoms with van der Waals surface area (Å²) < 4.78 is 30.7. The Bertz CT molecular complexity index is 662. The van der Waals surface area contributed by atoms with Gasteiger partial charge >= 0.3 is 5.97 Å². The number of carboxylic acids is 1. The maximum Gasteiger partial charge on any atom is 0.326 e. The lowest BCUT2D eigenvalue weighted by Gasteiger charge is -2.26.